The van der Waals surface area contributed by atoms with Crippen LogP contribution in [0.3, 0.4) is 0 Å². The lowest BCUT2D eigenvalue weighted by atomic mass is 10.1. The van der Waals surface area contributed by atoms with Gasteiger partial charge in [-0.05, 0) is 18.6 Å². The molecule has 5 rings (SSSR count). The molecule has 2 aliphatic heterocycles. The molecule has 34 heavy (non-hydrogen) atoms. The van der Waals surface area contributed by atoms with Crippen LogP contribution in [-0.2, 0) is 18.8 Å². The first-order valence-electron chi connectivity index (χ1n) is 10.8. The van der Waals surface area contributed by atoms with Crippen LogP contribution in [0.1, 0.15) is 18.7 Å². The van der Waals surface area contributed by atoms with Crippen LogP contribution in [0.25, 0.3) is 17.2 Å². The Hall–Kier alpha value is -3.31. The van der Waals surface area contributed by atoms with Crippen LogP contribution >= 0.6 is 8.46 Å². The van der Waals surface area contributed by atoms with E-state index in [1.807, 2.05) is 49.4 Å². The number of hydrogen-bond donors (Lipinski definition) is 2. The van der Waals surface area contributed by atoms with Crippen molar-refractivity contribution in [3.63, 3.8) is 0 Å². The van der Waals surface area contributed by atoms with Gasteiger partial charge in [0.25, 0.3) is 0 Å². The van der Waals surface area contributed by atoms with Crippen molar-refractivity contribution in [2.45, 2.75) is 37.8 Å². The minimum atomic E-state index is -0.718. The normalized spacial score (nSPS) is 26.3. The van der Waals surface area contributed by atoms with Crippen molar-refractivity contribution < 1.29 is 23.6 Å². The molecule has 13 heteroatoms. The fourth-order valence-corrected chi connectivity index (χ4v) is 4.40. The highest BCUT2D eigenvalue weighted by atomic mass is 31.1. The lowest BCUT2D eigenvalue weighted by Crippen LogP contribution is -2.30. The highest BCUT2D eigenvalue weighted by Gasteiger charge is 2.53. The summed E-state index contributed by atoms with van der Waals surface area (Å²) in [5, 5.41) is 13.6. The summed E-state index contributed by atoms with van der Waals surface area (Å²) in [7, 11) is -0.0661. The van der Waals surface area contributed by atoms with Crippen LogP contribution in [-0.4, -0.2) is 68.3 Å². The number of fused-ring (bicyclic) bond motifs is 2. The topological polar surface area (TPSA) is 142 Å². The second-order valence-corrected chi connectivity index (χ2v) is 8.25. The molecule has 2 aliphatic rings. The molecule has 176 valence electrons. The van der Waals surface area contributed by atoms with Gasteiger partial charge in [0.2, 0.25) is 0 Å². The Labute approximate surface area is 195 Å². The van der Waals surface area contributed by atoms with Crippen molar-refractivity contribution >= 4 is 37.5 Å². The lowest BCUT2D eigenvalue weighted by Gasteiger charge is -2.18. The molecule has 2 aromatic heterocycles. The maximum absolute atomic E-state index is 11.9. The summed E-state index contributed by atoms with van der Waals surface area (Å²) in [6.07, 6.45) is 2.51. The van der Waals surface area contributed by atoms with Gasteiger partial charge >= 0.3 is 6.03 Å². The average molecular weight is 483 g/mol. The van der Waals surface area contributed by atoms with Gasteiger partial charge in [0.15, 0.2) is 38.0 Å². The van der Waals surface area contributed by atoms with Gasteiger partial charge in [0.1, 0.15) is 18.5 Å². The summed E-state index contributed by atoms with van der Waals surface area (Å²) >= 11 is 0. The molecule has 0 spiro atoms. The van der Waals surface area contributed by atoms with Crippen LogP contribution in [0.2, 0.25) is 0 Å². The summed E-state index contributed by atoms with van der Waals surface area (Å²) in [6, 6.07) is 9.39. The zero-order valence-corrected chi connectivity index (χ0v) is 19.0. The average Bonchev–Trinajstić information content (AvgIpc) is 3.54. The van der Waals surface area contributed by atoms with E-state index in [0.29, 0.717) is 17.7 Å². The molecular weight excluding hydrogens is 461 g/mol. The third-order valence-electron chi connectivity index (χ3n) is 5.44. The van der Waals surface area contributed by atoms with E-state index in [9.17, 15) is 9.36 Å². The monoisotopic (exact) mass is 483 g/mol. The third kappa shape index (κ3) is 4.40. The van der Waals surface area contributed by atoms with Crippen LogP contribution in [0, 0.1) is 0 Å². The molecule has 4 heterocycles. The summed E-state index contributed by atoms with van der Waals surface area (Å²) in [5.41, 5.74) is 1.68. The fourth-order valence-electron chi connectivity index (χ4n) is 3.96. The summed E-state index contributed by atoms with van der Waals surface area (Å²) in [5.74, 6) is 0.221. The third-order valence-corrected chi connectivity index (χ3v) is 5.95. The number of benzene rings is 1. The second kappa shape index (κ2) is 9.90. The zero-order valence-electron chi connectivity index (χ0n) is 18.1. The number of nitrogens with one attached hydrogen (secondary N) is 2. The molecule has 3 aromatic rings. The van der Waals surface area contributed by atoms with Crippen LogP contribution in [0.4, 0.5) is 10.6 Å². The van der Waals surface area contributed by atoms with Crippen molar-refractivity contribution in [2.75, 3.05) is 18.0 Å². The van der Waals surface area contributed by atoms with Gasteiger partial charge in [-0.2, -0.15) is 4.68 Å². The van der Waals surface area contributed by atoms with E-state index in [0.717, 1.165) is 5.56 Å². The fraction of sp³-hybridized carbons (Fsp3) is 0.381. The molecule has 0 bridgehead atoms. The van der Waals surface area contributed by atoms with Gasteiger partial charge in [-0.3, -0.25) is 9.88 Å². The van der Waals surface area contributed by atoms with Gasteiger partial charge < -0.3 is 19.5 Å². The van der Waals surface area contributed by atoms with E-state index < -0.39 is 36.9 Å². The number of ether oxygens (including phenoxy) is 3. The number of carbonyl (C=O) groups excluding carboxylic acids is 1. The van der Waals surface area contributed by atoms with E-state index >= 15 is 0 Å². The van der Waals surface area contributed by atoms with Gasteiger partial charge in [0, 0.05) is 6.54 Å². The molecule has 2 amide bonds. The first kappa shape index (κ1) is 22.5. The maximum Gasteiger partial charge on any atom is 0.320 e. The van der Waals surface area contributed by atoms with Gasteiger partial charge in [-0.15, -0.1) is 5.10 Å². The van der Waals surface area contributed by atoms with Crippen LogP contribution < -0.4 is 10.6 Å². The smallest absolute Gasteiger partial charge is 0.320 e. The molecule has 12 nitrogen and oxygen atoms in total. The van der Waals surface area contributed by atoms with Gasteiger partial charge in [-0.1, -0.05) is 41.6 Å². The molecule has 0 saturated carbocycles. The Balaban J connectivity index is 1.40. The van der Waals surface area contributed by atoms with E-state index in [1.165, 1.54) is 11.0 Å². The number of urea groups is 1. The Morgan fingerprint density at radius 3 is 2.79 bits per heavy atom. The van der Waals surface area contributed by atoms with E-state index in [-0.39, 0.29) is 20.4 Å². The lowest BCUT2D eigenvalue weighted by molar-refractivity contribution is -0.123. The van der Waals surface area contributed by atoms with E-state index in [4.69, 9.17) is 14.2 Å². The van der Waals surface area contributed by atoms with Crippen molar-refractivity contribution in [1.29, 1.82) is 0 Å². The van der Waals surface area contributed by atoms with Gasteiger partial charge in [-0.25, -0.2) is 14.8 Å². The van der Waals surface area contributed by atoms with Crippen molar-refractivity contribution in [2.24, 2.45) is 0 Å². The Morgan fingerprint density at radius 1 is 1.18 bits per heavy atom. The number of nitrogens with zero attached hydrogens (tertiary/aromatic N) is 5. The number of amides is 2. The highest BCUT2D eigenvalue weighted by molar-refractivity contribution is 7.23. The molecule has 2 fully saturated rings. The predicted molar refractivity (Wildman–Crippen MR) is 121 cm³/mol. The number of hydrogen-bond acceptors (Lipinski definition) is 9. The van der Waals surface area contributed by atoms with Crippen molar-refractivity contribution in [3.05, 3.63) is 48.3 Å². The standard InChI is InChI=1S/C21H22N7O5P/c1-2-22-21(29)25-18-15-19(24-11-23-18)28(27-26-15)20-17-16(13(31-20)10-34-30)32-14(33-17)9-8-12-6-4-3-5-7-12/h3-9,11,13-14,16-17,20H,2,10H2,1H3,(H2,22,23,24,25,29)/b9-8+/t13-,14?,16-,17-,20-/m1/s1. The molecule has 2 saturated heterocycles. The molecule has 0 radical (unpaired) electrons. The molecule has 2 N–H and O–H groups in total. The minimum Gasteiger partial charge on any atom is -0.347 e. The van der Waals surface area contributed by atoms with Crippen molar-refractivity contribution in [3.8, 4) is 0 Å². The second-order valence-electron chi connectivity index (χ2n) is 7.63. The number of aromatic nitrogens is 5. The molecule has 5 atom stereocenters. The summed E-state index contributed by atoms with van der Waals surface area (Å²) in [6.45, 7) is 2.27. The summed E-state index contributed by atoms with van der Waals surface area (Å²) < 4.78 is 31.2. The first-order chi connectivity index (χ1) is 16.7. The largest absolute Gasteiger partial charge is 0.347 e. The van der Waals surface area contributed by atoms with E-state index in [2.05, 4.69) is 30.9 Å². The molecule has 0 aliphatic carbocycles. The Bertz CT molecular complexity index is 1210. The molecular formula is C21H22N7O5P. The number of anilines is 1. The number of carbonyl (C=O) groups is 1. The van der Waals surface area contributed by atoms with Gasteiger partial charge in [0.05, 0.1) is 12.3 Å². The Kier molecular flexibility index (Phi) is 6.54. The quantitative estimate of drug-likeness (QED) is 0.484. The SMILES string of the molecule is CCNC(=O)Nc1ncnc2c1nnn2[C@@H]1O[C@H](CP=O)[C@H]2OC(/C=C/c3ccccc3)O[C@H]21. The summed E-state index contributed by atoms with van der Waals surface area (Å²) in [4.78, 5) is 20.3. The number of rotatable bonds is 7. The minimum absolute atomic E-state index is 0.0661. The van der Waals surface area contributed by atoms with Crippen LogP contribution in [0.5, 0.6) is 0 Å². The maximum atomic E-state index is 11.9. The first-order valence-corrected chi connectivity index (χ1v) is 11.8. The Morgan fingerprint density at radius 2 is 2.00 bits per heavy atom. The molecule has 1 aromatic carbocycles. The molecule has 1 unspecified atom stereocenters. The van der Waals surface area contributed by atoms with Crippen molar-refractivity contribution in [1.82, 2.24) is 30.3 Å². The highest BCUT2D eigenvalue weighted by Crippen LogP contribution is 2.41. The zero-order chi connectivity index (χ0) is 23.5. The van der Waals surface area contributed by atoms with E-state index in [1.54, 1.807) is 0 Å². The predicted octanol–water partition coefficient (Wildman–Crippen LogP) is 2.38. The van der Waals surface area contributed by atoms with Crippen LogP contribution in [0.15, 0.2) is 42.7 Å².